The summed E-state index contributed by atoms with van der Waals surface area (Å²) in [6.45, 7) is 4.02. The molecule has 188 valence electrons. The van der Waals surface area contributed by atoms with Crippen molar-refractivity contribution < 1.29 is 28.7 Å². The number of likely N-dealkylation sites (N-methyl/N-ethyl adjacent to an activating group) is 1. The number of hydrogen-bond acceptors (Lipinski definition) is 8. The molecular weight excluding hydrogens is 446 g/mol. The number of piperazine rings is 3. The van der Waals surface area contributed by atoms with Crippen molar-refractivity contribution in [1.29, 1.82) is 0 Å². The van der Waals surface area contributed by atoms with Gasteiger partial charge in [0, 0.05) is 72.0 Å². The van der Waals surface area contributed by atoms with Crippen molar-refractivity contribution in [2.24, 2.45) is 0 Å². The van der Waals surface area contributed by atoms with Crippen LogP contribution in [0.1, 0.15) is 0 Å². The summed E-state index contributed by atoms with van der Waals surface area (Å²) in [5.41, 5.74) is -2.15. The number of ether oxygens (including phenoxy) is 1. The first-order valence-corrected chi connectivity index (χ1v) is 11.8. The molecule has 2 atom stereocenters. The highest BCUT2D eigenvalue weighted by molar-refractivity contribution is 6.15. The Morgan fingerprint density at radius 2 is 1.53 bits per heavy atom. The highest BCUT2D eigenvalue weighted by atomic mass is 16.5. The minimum atomic E-state index is -2.15. The van der Waals surface area contributed by atoms with E-state index in [2.05, 4.69) is 15.5 Å². The summed E-state index contributed by atoms with van der Waals surface area (Å²) >= 11 is 0. The number of carbonyl (C=O) groups excluding carboxylic acids is 5. The van der Waals surface area contributed by atoms with Crippen molar-refractivity contribution in [2.45, 2.75) is 11.6 Å². The Morgan fingerprint density at radius 1 is 0.912 bits per heavy atom. The van der Waals surface area contributed by atoms with Crippen molar-refractivity contribution in [2.75, 3.05) is 92.2 Å². The summed E-state index contributed by atoms with van der Waals surface area (Å²) in [5.74, 6) is -2.17. The third kappa shape index (κ3) is 4.34. The van der Waals surface area contributed by atoms with Gasteiger partial charge in [-0.3, -0.25) is 24.0 Å². The predicted molar refractivity (Wildman–Crippen MR) is 118 cm³/mol. The minimum Gasteiger partial charge on any atom is -0.363 e. The van der Waals surface area contributed by atoms with Gasteiger partial charge in [0.05, 0.1) is 13.2 Å². The van der Waals surface area contributed by atoms with Crippen molar-refractivity contribution in [1.82, 2.24) is 35.1 Å². The molecule has 0 aromatic heterocycles. The molecule has 13 heteroatoms. The number of nitrogens with one attached hydrogen (secondary N) is 2. The molecule has 4 fully saturated rings. The molecule has 2 N–H and O–H groups in total. The van der Waals surface area contributed by atoms with Crippen LogP contribution in [-0.4, -0.2) is 158 Å². The monoisotopic (exact) mass is 479 g/mol. The van der Waals surface area contributed by atoms with Crippen LogP contribution in [-0.2, 0) is 28.7 Å². The standard InChI is InChI=1S/C21H33N7O6/c1-24-8-10-26(11-9-24)20(33)21(19(32)25-5-2-22-3-6-25)17(34-13-12-28(21)15-29)18(31)27-7-4-23-16(30)14-27/h15,17,22H,2-14H2,1H3,(H,23,30). The molecule has 5 amide bonds. The van der Waals surface area contributed by atoms with Crippen molar-refractivity contribution in [3.05, 3.63) is 0 Å². The van der Waals surface area contributed by atoms with Crippen LogP contribution in [0, 0.1) is 0 Å². The molecule has 2 unspecified atom stereocenters. The van der Waals surface area contributed by atoms with Gasteiger partial charge in [-0.2, -0.15) is 0 Å². The van der Waals surface area contributed by atoms with Crippen molar-refractivity contribution in [3.8, 4) is 0 Å². The van der Waals surface area contributed by atoms with Gasteiger partial charge in [-0.15, -0.1) is 0 Å². The molecule has 0 aromatic rings. The van der Waals surface area contributed by atoms with E-state index in [1.807, 2.05) is 7.05 Å². The summed E-state index contributed by atoms with van der Waals surface area (Å²) in [6, 6.07) is 0. The Morgan fingerprint density at radius 3 is 2.15 bits per heavy atom. The highest BCUT2D eigenvalue weighted by Crippen LogP contribution is 2.32. The second-order valence-corrected chi connectivity index (χ2v) is 9.06. The molecule has 0 aromatic carbocycles. The number of nitrogens with zero attached hydrogens (tertiary/aromatic N) is 5. The van der Waals surface area contributed by atoms with Crippen LogP contribution >= 0.6 is 0 Å². The van der Waals surface area contributed by atoms with E-state index in [1.54, 1.807) is 4.90 Å². The molecule has 4 aliphatic rings. The van der Waals surface area contributed by atoms with Crippen LogP contribution in [0.2, 0.25) is 0 Å². The second kappa shape index (κ2) is 10.2. The first-order valence-electron chi connectivity index (χ1n) is 11.8. The third-order valence-electron chi connectivity index (χ3n) is 7.00. The van der Waals surface area contributed by atoms with Gasteiger partial charge in [-0.05, 0) is 7.05 Å². The Balaban J connectivity index is 1.77. The van der Waals surface area contributed by atoms with E-state index >= 15 is 0 Å². The van der Waals surface area contributed by atoms with Crippen LogP contribution in [0.15, 0.2) is 0 Å². The number of carbonyl (C=O) groups is 5. The normalized spacial score (nSPS) is 29.0. The topological polar surface area (TPSA) is 135 Å². The zero-order chi connectivity index (χ0) is 24.3. The van der Waals surface area contributed by atoms with Gasteiger partial charge in [0.2, 0.25) is 17.9 Å². The lowest BCUT2D eigenvalue weighted by Crippen LogP contribution is -2.79. The van der Waals surface area contributed by atoms with Gasteiger partial charge >= 0.3 is 0 Å². The van der Waals surface area contributed by atoms with Crippen LogP contribution in [0.5, 0.6) is 0 Å². The molecule has 34 heavy (non-hydrogen) atoms. The van der Waals surface area contributed by atoms with E-state index in [0.717, 1.165) is 4.90 Å². The summed E-state index contributed by atoms with van der Waals surface area (Å²) in [5, 5.41) is 5.83. The van der Waals surface area contributed by atoms with Gasteiger partial charge in [0.25, 0.3) is 17.7 Å². The number of morpholine rings is 1. The molecule has 0 spiro atoms. The average Bonchev–Trinajstić information content (AvgIpc) is 2.87. The lowest BCUT2D eigenvalue weighted by molar-refractivity contribution is -0.194. The van der Waals surface area contributed by atoms with Crippen LogP contribution < -0.4 is 10.6 Å². The van der Waals surface area contributed by atoms with E-state index in [4.69, 9.17) is 4.74 Å². The smallest absolute Gasteiger partial charge is 0.261 e. The number of rotatable bonds is 4. The zero-order valence-electron chi connectivity index (χ0n) is 19.5. The summed E-state index contributed by atoms with van der Waals surface area (Å²) < 4.78 is 5.88. The van der Waals surface area contributed by atoms with Crippen molar-refractivity contribution >= 4 is 30.0 Å². The molecule has 0 saturated carbocycles. The minimum absolute atomic E-state index is 0.00177. The third-order valence-corrected chi connectivity index (χ3v) is 7.00. The van der Waals surface area contributed by atoms with E-state index in [-0.39, 0.29) is 38.7 Å². The largest absolute Gasteiger partial charge is 0.363 e. The molecule has 13 nitrogen and oxygen atoms in total. The van der Waals surface area contributed by atoms with Crippen LogP contribution in [0.4, 0.5) is 0 Å². The lowest BCUT2D eigenvalue weighted by Gasteiger charge is -2.51. The fraction of sp³-hybridized carbons (Fsp3) is 0.762. The maximum atomic E-state index is 14.2. The van der Waals surface area contributed by atoms with E-state index < -0.39 is 29.4 Å². The number of hydrogen-bond donors (Lipinski definition) is 2. The van der Waals surface area contributed by atoms with Gasteiger partial charge in [0.15, 0.2) is 6.10 Å². The molecule has 4 aliphatic heterocycles. The lowest BCUT2D eigenvalue weighted by atomic mass is 9.83. The predicted octanol–water partition coefficient (Wildman–Crippen LogP) is -4.25. The maximum absolute atomic E-state index is 14.2. The average molecular weight is 480 g/mol. The van der Waals surface area contributed by atoms with Gasteiger partial charge in [-0.1, -0.05) is 0 Å². The Kier molecular flexibility index (Phi) is 7.33. The maximum Gasteiger partial charge on any atom is 0.261 e. The van der Waals surface area contributed by atoms with Crippen LogP contribution in [0.25, 0.3) is 0 Å². The molecule has 0 radical (unpaired) electrons. The molecule has 0 bridgehead atoms. The van der Waals surface area contributed by atoms with Crippen molar-refractivity contribution in [3.63, 3.8) is 0 Å². The summed E-state index contributed by atoms with van der Waals surface area (Å²) in [7, 11) is 1.94. The summed E-state index contributed by atoms with van der Waals surface area (Å²) in [4.78, 5) is 74.0. The first-order chi connectivity index (χ1) is 16.4. The van der Waals surface area contributed by atoms with E-state index in [9.17, 15) is 24.0 Å². The van der Waals surface area contributed by atoms with Gasteiger partial charge in [0.1, 0.15) is 0 Å². The second-order valence-electron chi connectivity index (χ2n) is 9.06. The Labute approximate surface area is 198 Å². The molecule has 4 heterocycles. The first kappa shape index (κ1) is 24.4. The molecule has 4 rings (SSSR count). The molecular formula is C21H33N7O6. The summed E-state index contributed by atoms with van der Waals surface area (Å²) in [6.07, 6.45) is -1.06. The van der Waals surface area contributed by atoms with Crippen LogP contribution in [0.3, 0.4) is 0 Å². The fourth-order valence-electron chi connectivity index (χ4n) is 5.02. The Bertz CT molecular complexity index is 826. The quantitative estimate of drug-likeness (QED) is 0.306. The number of amides is 5. The fourth-order valence-corrected chi connectivity index (χ4v) is 5.02. The van der Waals surface area contributed by atoms with Gasteiger partial charge in [-0.25, -0.2) is 0 Å². The van der Waals surface area contributed by atoms with Gasteiger partial charge < -0.3 is 39.9 Å². The SMILES string of the molecule is CN1CCN(C(=O)C2(C(=O)N3CCNCC3)C(C(=O)N3CCNC(=O)C3)OCCN2C=O)CC1. The Hall–Kier alpha value is -2.77. The zero-order valence-corrected chi connectivity index (χ0v) is 19.5. The molecule has 0 aliphatic carbocycles. The van der Waals surface area contributed by atoms with E-state index in [1.165, 1.54) is 9.80 Å². The van der Waals surface area contributed by atoms with E-state index in [0.29, 0.717) is 58.8 Å². The molecule has 4 saturated heterocycles. The highest BCUT2D eigenvalue weighted by Gasteiger charge is 2.65.